The Bertz CT molecular complexity index is 304. The average molecular weight is 257 g/mol. The molecule has 0 aromatic heterocycles. The summed E-state index contributed by atoms with van der Waals surface area (Å²) in [5.41, 5.74) is -0.508. The average Bonchev–Trinajstić information content (AvgIpc) is 2.51. The van der Waals surface area contributed by atoms with Crippen LogP contribution in [-0.2, 0) is 4.79 Å². The van der Waals surface area contributed by atoms with Gasteiger partial charge >= 0.3 is 12.0 Å². The third-order valence-electron chi connectivity index (χ3n) is 3.01. The molecule has 1 rings (SSSR count). The molecule has 0 unspecified atom stereocenters. The predicted molar refractivity (Wildman–Crippen MR) is 68.5 cm³/mol. The van der Waals surface area contributed by atoms with Gasteiger partial charge < -0.3 is 20.6 Å². The van der Waals surface area contributed by atoms with Crippen molar-refractivity contribution in [2.75, 3.05) is 26.2 Å². The largest absolute Gasteiger partial charge is 0.480 e. The maximum atomic E-state index is 12.0. The molecule has 1 heterocycles. The molecule has 1 atom stereocenters. The lowest BCUT2D eigenvalue weighted by atomic mass is 9.87. The molecule has 0 radical (unpaired) electrons. The fourth-order valence-corrected chi connectivity index (χ4v) is 1.91. The third kappa shape index (κ3) is 4.18. The van der Waals surface area contributed by atoms with Crippen LogP contribution in [0.3, 0.4) is 0 Å². The van der Waals surface area contributed by atoms with Crippen LogP contribution < -0.4 is 10.6 Å². The van der Waals surface area contributed by atoms with Gasteiger partial charge in [0.1, 0.15) is 6.04 Å². The Morgan fingerprint density at radius 1 is 1.28 bits per heavy atom. The second-order valence-electron chi connectivity index (χ2n) is 5.68. The van der Waals surface area contributed by atoms with E-state index < -0.39 is 17.4 Å². The number of hydrogen-bond acceptors (Lipinski definition) is 3. The van der Waals surface area contributed by atoms with E-state index in [4.69, 9.17) is 5.11 Å². The molecule has 0 aromatic rings. The zero-order valence-electron chi connectivity index (χ0n) is 11.3. The molecule has 1 fully saturated rings. The summed E-state index contributed by atoms with van der Waals surface area (Å²) in [6.07, 6.45) is 0.890. The van der Waals surface area contributed by atoms with Gasteiger partial charge in [0, 0.05) is 19.6 Å². The Morgan fingerprint density at radius 3 is 2.50 bits per heavy atom. The van der Waals surface area contributed by atoms with Crippen molar-refractivity contribution in [1.82, 2.24) is 15.5 Å². The van der Waals surface area contributed by atoms with Crippen LogP contribution in [0, 0.1) is 5.41 Å². The van der Waals surface area contributed by atoms with E-state index >= 15 is 0 Å². The van der Waals surface area contributed by atoms with Crippen molar-refractivity contribution in [2.24, 2.45) is 5.41 Å². The van der Waals surface area contributed by atoms with Crippen molar-refractivity contribution < 1.29 is 14.7 Å². The van der Waals surface area contributed by atoms with E-state index in [0.717, 1.165) is 19.5 Å². The smallest absolute Gasteiger partial charge is 0.326 e. The summed E-state index contributed by atoms with van der Waals surface area (Å²) in [5, 5.41) is 15.0. The molecule has 0 aliphatic carbocycles. The molecule has 6 nitrogen and oxygen atoms in total. The van der Waals surface area contributed by atoms with Crippen LogP contribution >= 0.6 is 0 Å². The molecule has 1 saturated heterocycles. The molecule has 18 heavy (non-hydrogen) atoms. The topological polar surface area (TPSA) is 81.7 Å². The number of carboxylic acid groups (broad SMARTS) is 1. The van der Waals surface area contributed by atoms with Crippen molar-refractivity contribution in [1.29, 1.82) is 0 Å². The van der Waals surface area contributed by atoms with Gasteiger partial charge in [-0.2, -0.15) is 0 Å². The minimum absolute atomic E-state index is 0.291. The number of nitrogens with one attached hydrogen (secondary N) is 2. The van der Waals surface area contributed by atoms with Gasteiger partial charge in [0.15, 0.2) is 0 Å². The molecule has 0 saturated carbocycles. The summed E-state index contributed by atoms with van der Waals surface area (Å²) in [6.45, 7) is 8.33. The molecule has 1 aliphatic rings. The lowest BCUT2D eigenvalue weighted by molar-refractivity contribution is -0.142. The first-order chi connectivity index (χ1) is 8.32. The van der Waals surface area contributed by atoms with Crippen LogP contribution in [0.25, 0.3) is 0 Å². The van der Waals surface area contributed by atoms with E-state index in [-0.39, 0.29) is 6.03 Å². The minimum atomic E-state index is -0.996. The summed E-state index contributed by atoms with van der Waals surface area (Å²) in [6, 6.07) is -1.16. The van der Waals surface area contributed by atoms with Gasteiger partial charge in [-0.05, 0) is 18.4 Å². The SMILES string of the molecule is CC(C)(C)[C@H](NC(=O)N1CCCNCC1)C(=O)O. The van der Waals surface area contributed by atoms with Crippen molar-refractivity contribution in [3.8, 4) is 0 Å². The third-order valence-corrected chi connectivity index (χ3v) is 3.01. The molecule has 0 aromatic carbocycles. The summed E-state index contributed by atoms with van der Waals surface area (Å²) >= 11 is 0. The minimum Gasteiger partial charge on any atom is -0.480 e. The molecule has 2 amide bonds. The Balaban J connectivity index is 2.63. The van der Waals surface area contributed by atoms with Crippen LogP contribution in [0.4, 0.5) is 4.79 Å². The number of amides is 2. The van der Waals surface area contributed by atoms with Gasteiger partial charge in [0.2, 0.25) is 0 Å². The number of carbonyl (C=O) groups is 2. The van der Waals surface area contributed by atoms with Gasteiger partial charge in [-0.3, -0.25) is 0 Å². The van der Waals surface area contributed by atoms with Crippen LogP contribution in [0.1, 0.15) is 27.2 Å². The summed E-state index contributed by atoms with van der Waals surface area (Å²) < 4.78 is 0. The quantitative estimate of drug-likeness (QED) is 0.672. The lowest BCUT2D eigenvalue weighted by Crippen LogP contribution is -2.53. The zero-order chi connectivity index (χ0) is 13.8. The highest BCUT2D eigenvalue weighted by atomic mass is 16.4. The molecular weight excluding hydrogens is 234 g/mol. The van der Waals surface area contributed by atoms with Crippen molar-refractivity contribution in [2.45, 2.75) is 33.2 Å². The molecule has 104 valence electrons. The Kier molecular flexibility index (Phi) is 4.95. The molecule has 3 N–H and O–H groups in total. The Morgan fingerprint density at radius 2 is 1.94 bits per heavy atom. The number of hydrogen-bond donors (Lipinski definition) is 3. The number of aliphatic carboxylic acids is 1. The Labute approximate surface area is 108 Å². The van der Waals surface area contributed by atoms with E-state index in [1.54, 1.807) is 25.7 Å². The first kappa shape index (κ1) is 14.8. The first-order valence-corrected chi connectivity index (χ1v) is 6.31. The van der Waals surface area contributed by atoms with E-state index in [0.29, 0.717) is 13.1 Å². The standard InChI is InChI=1S/C12H23N3O3/c1-12(2,3)9(10(16)17)14-11(18)15-7-4-5-13-6-8-15/h9,13H,4-8H2,1-3H3,(H,14,18)(H,16,17)/t9-/m1/s1. The van der Waals surface area contributed by atoms with Gasteiger partial charge in [0.25, 0.3) is 0 Å². The first-order valence-electron chi connectivity index (χ1n) is 6.31. The molecule has 6 heteroatoms. The van der Waals surface area contributed by atoms with Gasteiger partial charge in [-0.1, -0.05) is 20.8 Å². The van der Waals surface area contributed by atoms with Crippen molar-refractivity contribution >= 4 is 12.0 Å². The number of nitrogens with zero attached hydrogens (tertiary/aromatic N) is 1. The van der Waals surface area contributed by atoms with Crippen molar-refractivity contribution in [3.63, 3.8) is 0 Å². The van der Waals surface area contributed by atoms with Gasteiger partial charge in [-0.25, -0.2) is 9.59 Å². The Hall–Kier alpha value is -1.30. The fraction of sp³-hybridized carbons (Fsp3) is 0.833. The number of urea groups is 1. The number of carboxylic acids is 1. The highest BCUT2D eigenvalue weighted by Crippen LogP contribution is 2.19. The summed E-state index contributed by atoms with van der Waals surface area (Å²) in [4.78, 5) is 24.9. The number of carbonyl (C=O) groups excluding carboxylic acids is 1. The molecule has 0 bridgehead atoms. The van der Waals surface area contributed by atoms with Crippen LogP contribution in [0.15, 0.2) is 0 Å². The monoisotopic (exact) mass is 257 g/mol. The molecule has 1 aliphatic heterocycles. The molecular formula is C12H23N3O3. The highest BCUT2D eigenvalue weighted by Gasteiger charge is 2.33. The van der Waals surface area contributed by atoms with Crippen LogP contribution in [0.2, 0.25) is 0 Å². The predicted octanol–water partition coefficient (Wildman–Crippen LogP) is 0.491. The second-order valence-corrected chi connectivity index (χ2v) is 5.68. The number of rotatable bonds is 2. The normalized spacial score (nSPS) is 18.9. The molecule has 0 spiro atoms. The van der Waals surface area contributed by atoms with Gasteiger partial charge in [0.05, 0.1) is 0 Å². The van der Waals surface area contributed by atoms with E-state index in [2.05, 4.69) is 10.6 Å². The maximum Gasteiger partial charge on any atom is 0.326 e. The summed E-state index contributed by atoms with van der Waals surface area (Å²) in [5.74, 6) is -0.996. The lowest BCUT2D eigenvalue weighted by Gasteiger charge is -2.30. The highest BCUT2D eigenvalue weighted by molar-refractivity contribution is 5.83. The van der Waals surface area contributed by atoms with Gasteiger partial charge in [-0.15, -0.1) is 0 Å². The van der Waals surface area contributed by atoms with E-state index in [1.165, 1.54) is 0 Å². The fourth-order valence-electron chi connectivity index (χ4n) is 1.91. The maximum absolute atomic E-state index is 12.0. The van der Waals surface area contributed by atoms with E-state index in [1.807, 2.05) is 0 Å². The summed E-state index contributed by atoms with van der Waals surface area (Å²) in [7, 11) is 0. The van der Waals surface area contributed by atoms with Crippen LogP contribution in [-0.4, -0.2) is 54.2 Å². The van der Waals surface area contributed by atoms with Crippen molar-refractivity contribution in [3.05, 3.63) is 0 Å². The van der Waals surface area contributed by atoms with E-state index in [9.17, 15) is 9.59 Å². The second kappa shape index (κ2) is 6.04. The van der Waals surface area contributed by atoms with Crippen LogP contribution in [0.5, 0.6) is 0 Å². The zero-order valence-corrected chi connectivity index (χ0v) is 11.3.